The summed E-state index contributed by atoms with van der Waals surface area (Å²) in [6.07, 6.45) is 0.0873. The van der Waals surface area contributed by atoms with Crippen LogP contribution in [0.1, 0.15) is 11.5 Å². The predicted octanol–water partition coefficient (Wildman–Crippen LogP) is -0.0655. The van der Waals surface area contributed by atoms with Crippen molar-refractivity contribution < 1.29 is 0 Å². The van der Waals surface area contributed by atoms with Gasteiger partial charge in [-0.05, 0) is 17.7 Å². The van der Waals surface area contributed by atoms with Gasteiger partial charge in [0.05, 0.1) is 6.17 Å². The summed E-state index contributed by atoms with van der Waals surface area (Å²) in [4.78, 5) is 0. The molecule has 0 spiro atoms. The van der Waals surface area contributed by atoms with Gasteiger partial charge in [-0.3, -0.25) is 0 Å². The molecule has 1 fully saturated rings. The molecule has 1 saturated heterocycles. The zero-order chi connectivity index (χ0) is 10.7. The lowest BCUT2D eigenvalue weighted by molar-refractivity contribution is 0.436. The fraction of sp³-hybridized carbons (Fsp3) is 0.333. The standard InChI is InChI=1S/C9H14BrN5/c10-7-3-1-2-6(4-7)8(5-11)9-12-14-15-13-9/h1-4,8-9,12-15H,5,11H2. The number of hydrogen-bond donors (Lipinski definition) is 5. The molecule has 1 aromatic carbocycles. The Balaban J connectivity index is 2.18. The van der Waals surface area contributed by atoms with E-state index in [0.29, 0.717) is 6.54 Å². The highest BCUT2D eigenvalue weighted by molar-refractivity contribution is 9.10. The highest BCUT2D eigenvalue weighted by Gasteiger charge is 2.24. The Kier molecular flexibility index (Phi) is 3.68. The van der Waals surface area contributed by atoms with Gasteiger partial charge >= 0.3 is 0 Å². The molecule has 0 bridgehead atoms. The highest BCUT2D eigenvalue weighted by Crippen LogP contribution is 2.21. The van der Waals surface area contributed by atoms with E-state index in [2.05, 4.69) is 50.0 Å². The second-order valence-electron chi connectivity index (χ2n) is 3.41. The summed E-state index contributed by atoms with van der Waals surface area (Å²) < 4.78 is 1.07. The van der Waals surface area contributed by atoms with Crippen LogP contribution in [0.4, 0.5) is 0 Å². The van der Waals surface area contributed by atoms with E-state index in [-0.39, 0.29) is 12.1 Å². The third-order valence-electron chi connectivity index (χ3n) is 2.45. The molecule has 6 heteroatoms. The van der Waals surface area contributed by atoms with Crippen LogP contribution in [0.25, 0.3) is 0 Å². The van der Waals surface area contributed by atoms with Gasteiger partial charge in [0, 0.05) is 16.9 Å². The average Bonchev–Trinajstić information content (AvgIpc) is 2.72. The second kappa shape index (κ2) is 5.02. The molecule has 15 heavy (non-hydrogen) atoms. The first-order chi connectivity index (χ1) is 7.31. The van der Waals surface area contributed by atoms with Gasteiger partial charge in [-0.1, -0.05) is 28.1 Å². The summed E-state index contributed by atoms with van der Waals surface area (Å²) in [5.41, 5.74) is 18.7. The van der Waals surface area contributed by atoms with Crippen molar-refractivity contribution in [3.05, 3.63) is 34.3 Å². The molecule has 1 unspecified atom stereocenters. The molecule has 0 aromatic heterocycles. The Hall–Kier alpha value is -0.500. The number of halogens is 1. The minimum atomic E-state index is 0.0873. The molecule has 1 heterocycles. The fourth-order valence-electron chi connectivity index (χ4n) is 1.67. The number of nitrogens with two attached hydrogens (primary N) is 1. The van der Waals surface area contributed by atoms with E-state index in [9.17, 15) is 0 Å². The molecule has 82 valence electrons. The van der Waals surface area contributed by atoms with Crippen molar-refractivity contribution in [3.63, 3.8) is 0 Å². The molecule has 6 N–H and O–H groups in total. The van der Waals surface area contributed by atoms with Gasteiger partial charge in [0.15, 0.2) is 0 Å². The molecule has 0 amide bonds. The Morgan fingerprint density at radius 3 is 2.67 bits per heavy atom. The first-order valence-electron chi connectivity index (χ1n) is 4.78. The van der Waals surface area contributed by atoms with Crippen LogP contribution in [-0.2, 0) is 0 Å². The Morgan fingerprint density at radius 1 is 1.33 bits per heavy atom. The highest BCUT2D eigenvalue weighted by atomic mass is 79.9. The van der Waals surface area contributed by atoms with E-state index in [1.807, 2.05) is 12.1 Å². The normalized spacial score (nSPS) is 19.3. The minimum absolute atomic E-state index is 0.0873. The largest absolute Gasteiger partial charge is 0.330 e. The summed E-state index contributed by atoms with van der Waals surface area (Å²) in [6, 6.07) is 8.17. The van der Waals surface area contributed by atoms with Crippen molar-refractivity contribution in [1.82, 2.24) is 21.9 Å². The summed E-state index contributed by atoms with van der Waals surface area (Å²) in [7, 11) is 0. The summed E-state index contributed by atoms with van der Waals surface area (Å²) in [5.74, 6) is 0.213. The first-order valence-corrected chi connectivity index (χ1v) is 5.57. The van der Waals surface area contributed by atoms with Crippen molar-refractivity contribution in [2.24, 2.45) is 5.73 Å². The van der Waals surface area contributed by atoms with E-state index in [0.717, 1.165) is 4.47 Å². The van der Waals surface area contributed by atoms with Gasteiger partial charge in [0.2, 0.25) is 0 Å². The zero-order valence-corrected chi connectivity index (χ0v) is 9.71. The quantitative estimate of drug-likeness (QED) is 0.533. The van der Waals surface area contributed by atoms with Crippen LogP contribution in [-0.4, -0.2) is 12.7 Å². The van der Waals surface area contributed by atoms with Crippen LogP contribution in [0.3, 0.4) is 0 Å². The molecule has 1 aliphatic rings. The SMILES string of the molecule is NCC(c1cccc(Br)c1)C1NNNN1. The van der Waals surface area contributed by atoms with Gasteiger partial charge < -0.3 is 5.73 Å². The van der Waals surface area contributed by atoms with Crippen LogP contribution in [0.15, 0.2) is 28.7 Å². The lowest BCUT2D eigenvalue weighted by Crippen LogP contribution is -2.42. The van der Waals surface area contributed by atoms with Gasteiger partial charge in [-0.15, -0.1) is 0 Å². The van der Waals surface area contributed by atoms with Crippen molar-refractivity contribution in [3.8, 4) is 0 Å². The van der Waals surface area contributed by atoms with E-state index in [1.54, 1.807) is 0 Å². The zero-order valence-electron chi connectivity index (χ0n) is 8.13. The third-order valence-corrected chi connectivity index (χ3v) is 2.94. The smallest absolute Gasteiger partial charge is 0.0939 e. The van der Waals surface area contributed by atoms with E-state index < -0.39 is 0 Å². The summed E-state index contributed by atoms with van der Waals surface area (Å²) >= 11 is 3.46. The monoisotopic (exact) mass is 271 g/mol. The molecule has 0 radical (unpaired) electrons. The van der Waals surface area contributed by atoms with E-state index >= 15 is 0 Å². The van der Waals surface area contributed by atoms with Crippen molar-refractivity contribution in [2.45, 2.75) is 12.1 Å². The molecule has 2 rings (SSSR count). The van der Waals surface area contributed by atoms with Crippen LogP contribution in [0.5, 0.6) is 0 Å². The topological polar surface area (TPSA) is 74.1 Å². The number of nitrogens with one attached hydrogen (secondary N) is 4. The molecular weight excluding hydrogens is 258 g/mol. The summed E-state index contributed by atoms with van der Waals surface area (Å²) in [5, 5.41) is 0. The molecule has 1 aliphatic heterocycles. The lowest BCUT2D eigenvalue weighted by atomic mass is 9.97. The molecule has 1 aromatic rings. The first kappa shape index (κ1) is 11.0. The maximum absolute atomic E-state index is 5.78. The van der Waals surface area contributed by atoms with Crippen molar-refractivity contribution >= 4 is 15.9 Å². The van der Waals surface area contributed by atoms with Gasteiger partial charge in [-0.2, -0.15) is 11.1 Å². The third kappa shape index (κ3) is 2.54. The maximum Gasteiger partial charge on any atom is 0.0939 e. The van der Waals surface area contributed by atoms with Gasteiger partial charge in [-0.25, -0.2) is 10.9 Å². The maximum atomic E-state index is 5.78. The Labute approximate surface area is 96.8 Å². The van der Waals surface area contributed by atoms with Gasteiger partial charge in [0.1, 0.15) is 0 Å². The molecule has 1 atom stereocenters. The summed E-state index contributed by atoms with van der Waals surface area (Å²) in [6.45, 7) is 0.574. The number of hydrazine groups is 3. The minimum Gasteiger partial charge on any atom is -0.330 e. The lowest BCUT2D eigenvalue weighted by Gasteiger charge is -2.21. The Bertz CT molecular complexity index is 326. The van der Waals surface area contributed by atoms with Crippen molar-refractivity contribution in [2.75, 3.05) is 6.54 Å². The molecule has 5 nitrogen and oxygen atoms in total. The Morgan fingerprint density at radius 2 is 2.07 bits per heavy atom. The van der Waals surface area contributed by atoms with E-state index in [1.165, 1.54) is 5.56 Å². The van der Waals surface area contributed by atoms with Crippen LogP contribution >= 0.6 is 15.9 Å². The molecule has 0 aliphatic carbocycles. The fourth-order valence-corrected chi connectivity index (χ4v) is 2.08. The average molecular weight is 272 g/mol. The van der Waals surface area contributed by atoms with E-state index in [4.69, 9.17) is 5.73 Å². The van der Waals surface area contributed by atoms with Gasteiger partial charge in [0.25, 0.3) is 0 Å². The number of benzene rings is 1. The van der Waals surface area contributed by atoms with Crippen molar-refractivity contribution in [1.29, 1.82) is 0 Å². The molecule has 0 saturated carbocycles. The van der Waals surface area contributed by atoms with Crippen LogP contribution < -0.4 is 27.7 Å². The predicted molar refractivity (Wildman–Crippen MR) is 62.3 cm³/mol. The number of rotatable bonds is 3. The number of hydrogen-bond acceptors (Lipinski definition) is 5. The van der Waals surface area contributed by atoms with Crippen LogP contribution in [0.2, 0.25) is 0 Å². The second-order valence-corrected chi connectivity index (χ2v) is 4.33. The molecular formula is C9H14BrN5. The van der Waals surface area contributed by atoms with Crippen LogP contribution in [0, 0.1) is 0 Å².